The molecule has 1 heterocycles. The third-order valence-corrected chi connectivity index (χ3v) is 5.40. The van der Waals surface area contributed by atoms with Crippen molar-refractivity contribution in [2.75, 3.05) is 18.0 Å². The van der Waals surface area contributed by atoms with Crippen LogP contribution in [0.4, 0.5) is 5.69 Å². The van der Waals surface area contributed by atoms with Crippen molar-refractivity contribution < 1.29 is 4.79 Å². The summed E-state index contributed by atoms with van der Waals surface area (Å²) in [6.07, 6.45) is 1.66. The number of H-pyrrole nitrogens is 1. The summed E-state index contributed by atoms with van der Waals surface area (Å²) in [5.41, 5.74) is 8.06. The van der Waals surface area contributed by atoms with Gasteiger partial charge in [0.15, 0.2) is 0 Å². The van der Waals surface area contributed by atoms with Crippen LogP contribution in [0.1, 0.15) is 29.9 Å². The molecule has 156 valence electrons. The largest absolute Gasteiger partial charge is 0.372 e. The molecule has 0 radical (unpaired) electrons. The van der Waals surface area contributed by atoms with Crippen LogP contribution in [-0.2, 0) is 0 Å². The summed E-state index contributed by atoms with van der Waals surface area (Å²) < 4.78 is 0. The average Bonchev–Trinajstić information content (AvgIpc) is 3.21. The molecule has 5 heteroatoms. The fraction of sp³-hybridized carbons (Fsp3) is 0.154. The molecule has 1 aromatic heterocycles. The fourth-order valence-electron chi connectivity index (χ4n) is 3.80. The van der Waals surface area contributed by atoms with Gasteiger partial charge in [-0.25, -0.2) is 5.43 Å². The summed E-state index contributed by atoms with van der Waals surface area (Å²) >= 11 is 0. The highest BCUT2D eigenvalue weighted by molar-refractivity contribution is 6.09. The number of nitrogens with one attached hydrogen (secondary N) is 2. The summed E-state index contributed by atoms with van der Waals surface area (Å²) in [5.74, 6) is -0.272. The number of aromatic nitrogens is 1. The Labute approximate surface area is 182 Å². The van der Waals surface area contributed by atoms with E-state index < -0.39 is 0 Å². The summed E-state index contributed by atoms with van der Waals surface area (Å²) in [6, 6.07) is 26.0. The Balaban J connectivity index is 1.55. The van der Waals surface area contributed by atoms with Crippen LogP contribution in [-0.4, -0.2) is 30.2 Å². The second-order valence-electron chi connectivity index (χ2n) is 7.25. The van der Waals surface area contributed by atoms with E-state index in [4.69, 9.17) is 0 Å². The maximum Gasteiger partial charge on any atom is 0.288 e. The van der Waals surface area contributed by atoms with E-state index in [1.54, 1.807) is 6.21 Å². The Hall–Kier alpha value is -3.86. The predicted molar refractivity (Wildman–Crippen MR) is 129 cm³/mol. The van der Waals surface area contributed by atoms with Crippen LogP contribution in [0.5, 0.6) is 0 Å². The van der Waals surface area contributed by atoms with Gasteiger partial charge in [0.1, 0.15) is 5.69 Å². The number of amides is 1. The van der Waals surface area contributed by atoms with E-state index in [0.29, 0.717) is 5.69 Å². The van der Waals surface area contributed by atoms with Gasteiger partial charge in [-0.15, -0.1) is 0 Å². The van der Waals surface area contributed by atoms with Gasteiger partial charge < -0.3 is 9.88 Å². The maximum absolute atomic E-state index is 13.0. The van der Waals surface area contributed by atoms with Crippen LogP contribution in [0, 0.1) is 0 Å². The molecule has 31 heavy (non-hydrogen) atoms. The van der Waals surface area contributed by atoms with Crippen molar-refractivity contribution in [1.29, 1.82) is 0 Å². The fourth-order valence-corrected chi connectivity index (χ4v) is 3.80. The number of hydrogen-bond donors (Lipinski definition) is 2. The minimum Gasteiger partial charge on any atom is -0.372 e. The van der Waals surface area contributed by atoms with E-state index in [0.717, 1.165) is 40.7 Å². The summed E-state index contributed by atoms with van der Waals surface area (Å²) in [5, 5.41) is 5.19. The molecule has 0 bridgehead atoms. The number of aromatic amines is 1. The normalized spacial score (nSPS) is 11.2. The van der Waals surface area contributed by atoms with Crippen molar-refractivity contribution in [1.82, 2.24) is 10.4 Å². The minimum absolute atomic E-state index is 0.272. The molecular formula is C26H26N4O. The standard InChI is InChI=1S/C26H26N4O/c1-3-30(4-2)21-16-14-19(15-17-21)18-27-29-26(31)25-24(20-10-6-5-7-11-20)22-12-8-9-13-23(22)28-25/h5-18,28H,3-4H2,1-2H3,(H,29,31)/b27-18-. The summed E-state index contributed by atoms with van der Waals surface area (Å²) in [4.78, 5) is 18.5. The number of benzene rings is 3. The van der Waals surface area contributed by atoms with Gasteiger partial charge >= 0.3 is 0 Å². The van der Waals surface area contributed by atoms with Gasteiger partial charge in [-0.1, -0.05) is 60.7 Å². The highest BCUT2D eigenvalue weighted by atomic mass is 16.2. The molecule has 0 aliphatic carbocycles. The number of nitrogens with zero attached hydrogens (tertiary/aromatic N) is 2. The Morgan fingerprint density at radius 2 is 1.61 bits per heavy atom. The topological polar surface area (TPSA) is 60.5 Å². The molecule has 0 aliphatic heterocycles. The van der Waals surface area contributed by atoms with Crippen LogP contribution >= 0.6 is 0 Å². The van der Waals surface area contributed by atoms with E-state index >= 15 is 0 Å². The first-order valence-electron chi connectivity index (χ1n) is 10.6. The SMILES string of the molecule is CCN(CC)c1ccc(/C=N\NC(=O)c2[nH]c3ccccc3c2-c2ccccc2)cc1. The lowest BCUT2D eigenvalue weighted by Crippen LogP contribution is -2.21. The van der Waals surface area contributed by atoms with Gasteiger partial charge in [0.2, 0.25) is 0 Å². The first-order valence-corrected chi connectivity index (χ1v) is 10.6. The van der Waals surface area contributed by atoms with Gasteiger partial charge in [0, 0.05) is 35.2 Å². The zero-order chi connectivity index (χ0) is 21.6. The monoisotopic (exact) mass is 410 g/mol. The van der Waals surface area contributed by atoms with E-state index in [1.165, 1.54) is 5.69 Å². The molecule has 0 unspecified atom stereocenters. The molecule has 2 N–H and O–H groups in total. The molecule has 0 spiro atoms. The van der Waals surface area contributed by atoms with Gasteiger partial charge in [-0.05, 0) is 43.2 Å². The lowest BCUT2D eigenvalue weighted by atomic mass is 10.0. The van der Waals surface area contributed by atoms with Gasteiger partial charge in [0.05, 0.1) is 6.21 Å². The van der Waals surface area contributed by atoms with Crippen molar-refractivity contribution in [2.24, 2.45) is 5.10 Å². The number of carbonyl (C=O) groups excluding carboxylic acids is 1. The molecule has 0 fully saturated rings. The van der Waals surface area contributed by atoms with E-state index in [9.17, 15) is 4.79 Å². The zero-order valence-corrected chi connectivity index (χ0v) is 17.8. The van der Waals surface area contributed by atoms with Gasteiger partial charge in [0.25, 0.3) is 5.91 Å². The second kappa shape index (κ2) is 9.30. The average molecular weight is 411 g/mol. The summed E-state index contributed by atoms with van der Waals surface area (Å²) in [6.45, 7) is 6.22. The van der Waals surface area contributed by atoms with E-state index in [1.807, 2.05) is 66.7 Å². The number of hydrazone groups is 1. The Morgan fingerprint density at radius 3 is 2.32 bits per heavy atom. The Bertz CT molecular complexity index is 1190. The van der Waals surface area contributed by atoms with Crippen molar-refractivity contribution >= 4 is 28.7 Å². The third kappa shape index (κ3) is 4.36. The van der Waals surface area contributed by atoms with Crippen LogP contribution < -0.4 is 10.3 Å². The Morgan fingerprint density at radius 1 is 0.935 bits per heavy atom. The van der Waals surface area contributed by atoms with E-state index in [-0.39, 0.29) is 5.91 Å². The first kappa shape index (κ1) is 20.4. The number of fused-ring (bicyclic) bond motifs is 1. The number of rotatable bonds is 7. The van der Waals surface area contributed by atoms with Crippen LogP contribution in [0.3, 0.4) is 0 Å². The number of hydrogen-bond acceptors (Lipinski definition) is 3. The molecule has 4 aromatic rings. The maximum atomic E-state index is 13.0. The number of anilines is 1. The van der Waals surface area contributed by atoms with E-state index in [2.05, 4.69) is 46.4 Å². The van der Waals surface area contributed by atoms with Crippen molar-refractivity contribution in [3.05, 3.63) is 90.1 Å². The predicted octanol–water partition coefficient (Wildman–Crippen LogP) is 5.45. The minimum atomic E-state index is -0.272. The van der Waals surface area contributed by atoms with Gasteiger partial charge in [-0.2, -0.15) is 5.10 Å². The van der Waals surface area contributed by atoms with Crippen molar-refractivity contribution in [3.63, 3.8) is 0 Å². The molecule has 0 aliphatic rings. The van der Waals surface area contributed by atoms with Crippen LogP contribution in [0.25, 0.3) is 22.0 Å². The summed E-state index contributed by atoms with van der Waals surface area (Å²) in [7, 11) is 0. The molecular weight excluding hydrogens is 384 g/mol. The van der Waals surface area contributed by atoms with Crippen LogP contribution in [0.15, 0.2) is 84.0 Å². The smallest absolute Gasteiger partial charge is 0.288 e. The quantitative estimate of drug-likeness (QED) is 0.315. The van der Waals surface area contributed by atoms with Crippen molar-refractivity contribution in [3.8, 4) is 11.1 Å². The highest BCUT2D eigenvalue weighted by Crippen LogP contribution is 2.32. The molecule has 0 saturated carbocycles. The first-order chi connectivity index (χ1) is 15.2. The lowest BCUT2D eigenvalue weighted by Gasteiger charge is -2.20. The van der Waals surface area contributed by atoms with Crippen LogP contribution in [0.2, 0.25) is 0 Å². The highest BCUT2D eigenvalue weighted by Gasteiger charge is 2.18. The van der Waals surface area contributed by atoms with Crippen molar-refractivity contribution in [2.45, 2.75) is 13.8 Å². The molecule has 0 atom stereocenters. The molecule has 3 aromatic carbocycles. The Kier molecular flexibility index (Phi) is 6.13. The number of para-hydroxylation sites is 1. The zero-order valence-electron chi connectivity index (χ0n) is 17.8. The lowest BCUT2D eigenvalue weighted by molar-refractivity contribution is 0.0951. The molecule has 1 amide bonds. The molecule has 5 nitrogen and oxygen atoms in total. The van der Waals surface area contributed by atoms with Gasteiger partial charge in [-0.3, -0.25) is 4.79 Å². The molecule has 0 saturated heterocycles. The molecule has 4 rings (SSSR count). The number of carbonyl (C=O) groups is 1. The second-order valence-corrected chi connectivity index (χ2v) is 7.25. The third-order valence-electron chi connectivity index (χ3n) is 5.40.